The van der Waals surface area contributed by atoms with Gasteiger partial charge >= 0.3 is 0 Å². The minimum absolute atomic E-state index is 0.736. The lowest BCUT2D eigenvalue weighted by Crippen LogP contribution is -2.84. The lowest BCUT2D eigenvalue weighted by atomic mass is 10.2. The molecule has 88 valence electrons. The first-order valence-corrected chi connectivity index (χ1v) is 6.37. The summed E-state index contributed by atoms with van der Waals surface area (Å²) in [4.78, 5) is 0. The monoisotopic (exact) mass is 248 g/mol. The molecule has 0 spiro atoms. The summed E-state index contributed by atoms with van der Waals surface area (Å²) in [6.45, 7) is 0.926. The molecule has 0 radical (unpaired) electrons. The summed E-state index contributed by atoms with van der Waals surface area (Å²) in [5, 5.41) is 3.08. The number of hydrogen-bond donors (Lipinski definition) is 1. The number of rotatable bonds is 4. The third-order valence-corrected chi connectivity index (χ3v) is 3.40. The minimum atomic E-state index is 0.736. The molecule has 3 heteroatoms. The van der Waals surface area contributed by atoms with Crippen LogP contribution in [0.1, 0.15) is 18.6 Å². The normalized spacial score (nSPS) is 15.1. The Morgan fingerprint density at radius 2 is 2.00 bits per heavy atom. The molecule has 17 heavy (non-hydrogen) atoms. The van der Waals surface area contributed by atoms with Gasteiger partial charge in [-0.25, -0.2) is 0 Å². The zero-order valence-corrected chi connectivity index (χ0v) is 10.3. The molecule has 0 aliphatic heterocycles. The Balaban J connectivity index is 1.77. The van der Waals surface area contributed by atoms with Crippen LogP contribution in [-0.4, -0.2) is 6.04 Å². The summed E-state index contributed by atoms with van der Waals surface area (Å²) in [7, 11) is 0. The van der Waals surface area contributed by atoms with Gasteiger partial charge in [0.25, 0.3) is 0 Å². The molecule has 1 aromatic heterocycles. The molecule has 1 fully saturated rings. The maximum absolute atomic E-state index is 6.14. The standard InChI is InChI=1S/C14H14ClNO/c15-13-4-2-1-3-12(13)14-8-7-11(17-14)9-16-10-5-6-10/h1-4,7-8,10,16H,5-6,9H2/p+1. The first-order chi connectivity index (χ1) is 8.33. The maximum Gasteiger partial charge on any atom is 0.158 e. The Hall–Kier alpha value is -1.25. The van der Waals surface area contributed by atoms with Crippen LogP contribution in [0, 0.1) is 0 Å². The number of quaternary nitrogens is 1. The predicted molar refractivity (Wildman–Crippen MR) is 67.8 cm³/mol. The molecule has 0 unspecified atom stereocenters. The van der Waals surface area contributed by atoms with Crippen molar-refractivity contribution < 1.29 is 9.73 Å². The van der Waals surface area contributed by atoms with E-state index in [9.17, 15) is 0 Å². The van der Waals surface area contributed by atoms with Crippen LogP contribution in [0.2, 0.25) is 5.02 Å². The Morgan fingerprint density at radius 3 is 2.76 bits per heavy atom. The van der Waals surface area contributed by atoms with Crippen LogP contribution in [0.5, 0.6) is 0 Å². The van der Waals surface area contributed by atoms with Crippen molar-refractivity contribution in [3.63, 3.8) is 0 Å². The van der Waals surface area contributed by atoms with E-state index in [1.54, 1.807) is 0 Å². The summed E-state index contributed by atoms with van der Waals surface area (Å²) in [6.07, 6.45) is 2.69. The van der Waals surface area contributed by atoms with Gasteiger partial charge in [0, 0.05) is 18.4 Å². The highest BCUT2D eigenvalue weighted by Gasteiger charge is 2.25. The van der Waals surface area contributed by atoms with Gasteiger partial charge in [-0.2, -0.15) is 0 Å². The molecule has 2 aromatic rings. The number of benzene rings is 1. The zero-order valence-electron chi connectivity index (χ0n) is 9.53. The first kappa shape index (κ1) is 10.9. The quantitative estimate of drug-likeness (QED) is 0.886. The van der Waals surface area contributed by atoms with Gasteiger partial charge in [-0.15, -0.1) is 0 Å². The SMILES string of the molecule is Clc1ccccc1-c1ccc(C[NH2+]C2CC2)o1. The Labute approximate surface area is 106 Å². The number of hydrogen-bond acceptors (Lipinski definition) is 1. The van der Waals surface area contributed by atoms with E-state index in [0.29, 0.717) is 0 Å². The van der Waals surface area contributed by atoms with Crippen LogP contribution >= 0.6 is 11.6 Å². The third kappa shape index (κ3) is 2.54. The molecule has 1 aromatic carbocycles. The van der Waals surface area contributed by atoms with Gasteiger partial charge in [-0.3, -0.25) is 0 Å². The molecule has 1 heterocycles. The maximum atomic E-state index is 6.14. The van der Waals surface area contributed by atoms with E-state index in [1.165, 1.54) is 12.8 Å². The van der Waals surface area contributed by atoms with Crippen molar-refractivity contribution in [1.82, 2.24) is 0 Å². The van der Waals surface area contributed by atoms with Gasteiger partial charge in [0.15, 0.2) is 5.76 Å². The lowest BCUT2D eigenvalue weighted by Gasteiger charge is -2.00. The molecule has 0 atom stereocenters. The largest absolute Gasteiger partial charge is 0.455 e. The van der Waals surface area contributed by atoms with Crippen molar-refractivity contribution >= 4 is 11.6 Å². The summed E-state index contributed by atoms with van der Waals surface area (Å²) < 4.78 is 5.81. The van der Waals surface area contributed by atoms with E-state index in [-0.39, 0.29) is 0 Å². The summed E-state index contributed by atoms with van der Waals surface area (Å²) in [5.74, 6) is 1.88. The highest BCUT2D eigenvalue weighted by Crippen LogP contribution is 2.28. The fourth-order valence-electron chi connectivity index (χ4n) is 1.91. The van der Waals surface area contributed by atoms with Crippen LogP contribution in [-0.2, 0) is 6.54 Å². The van der Waals surface area contributed by atoms with Crippen LogP contribution in [0.3, 0.4) is 0 Å². The molecule has 2 N–H and O–H groups in total. The van der Waals surface area contributed by atoms with Crippen molar-refractivity contribution in [2.75, 3.05) is 0 Å². The third-order valence-electron chi connectivity index (χ3n) is 3.08. The number of furan rings is 1. The smallest absolute Gasteiger partial charge is 0.158 e. The zero-order chi connectivity index (χ0) is 11.7. The molecule has 2 nitrogen and oxygen atoms in total. The summed E-state index contributed by atoms with van der Waals surface area (Å²) in [5.41, 5.74) is 0.965. The molecular formula is C14H15ClNO+. The van der Waals surface area contributed by atoms with E-state index in [1.807, 2.05) is 36.4 Å². The van der Waals surface area contributed by atoms with Gasteiger partial charge in [-0.05, 0) is 24.3 Å². The second-order valence-electron chi connectivity index (χ2n) is 4.52. The predicted octanol–water partition coefficient (Wildman–Crippen LogP) is 2.83. The van der Waals surface area contributed by atoms with Crippen molar-refractivity contribution in [3.05, 3.63) is 47.2 Å². The second-order valence-corrected chi connectivity index (χ2v) is 4.93. The fraction of sp³-hybridized carbons (Fsp3) is 0.286. The fourth-order valence-corrected chi connectivity index (χ4v) is 2.14. The number of nitrogens with two attached hydrogens (primary N) is 1. The van der Waals surface area contributed by atoms with E-state index < -0.39 is 0 Å². The average Bonchev–Trinajstić information content (AvgIpc) is 3.06. The Bertz CT molecular complexity index is 516. The van der Waals surface area contributed by atoms with E-state index in [2.05, 4.69) is 5.32 Å². The number of halogens is 1. The molecule has 1 saturated carbocycles. The topological polar surface area (TPSA) is 29.8 Å². The molecule has 3 rings (SSSR count). The van der Waals surface area contributed by atoms with Crippen LogP contribution < -0.4 is 5.32 Å². The highest BCUT2D eigenvalue weighted by molar-refractivity contribution is 6.33. The van der Waals surface area contributed by atoms with Crippen LogP contribution in [0.4, 0.5) is 0 Å². The van der Waals surface area contributed by atoms with E-state index in [4.69, 9.17) is 16.0 Å². The average molecular weight is 249 g/mol. The van der Waals surface area contributed by atoms with Crippen molar-refractivity contribution in [2.45, 2.75) is 25.4 Å². The first-order valence-electron chi connectivity index (χ1n) is 6.00. The van der Waals surface area contributed by atoms with Crippen molar-refractivity contribution in [3.8, 4) is 11.3 Å². The second kappa shape index (κ2) is 4.55. The van der Waals surface area contributed by atoms with Crippen LogP contribution in [0.25, 0.3) is 11.3 Å². The van der Waals surface area contributed by atoms with E-state index >= 15 is 0 Å². The Kier molecular flexibility index (Phi) is 2.91. The van der Waals surface area contributed by atoms with E-state index in [0.717, 1.165) is 34.7 Å². The van der Waals surface area contributed by atoms with Gasteiger partial charge in [-0.1, -0.05) is 23.7 Å². The van der Waals surface area contributed by atoms with Gasteiger partial charge in [0.05, 0.1) is 11.1 Å². The van der Waals surface area contributed by atoms with Gasteiger partial charge < -0.3 is 9.73 Å². The van der Waals surface area contributed by atoms with Gasteiger partial charge in [0.2, 0.25) is 0 Å². The summed E-state index contributed by atoms with van der Waals surface area (Å²) >= 11 is 6.14. The molecule has 1 aliphatic carbocycles. The lowest BCUT2D eigenvalue weighted by molar-refractivity contribution is -0.685. The minimum Gasteiger partial charge on any atom is -0.455 e. The summed E-state index contributed by atoms with van der Waals surface area (Å²) in [6, 6.07) is 12.6. The molecule has 1 aliphatic rings. The molecule has 0 saturated heterocycles. The van der Waals surface area contributed by atoms with Crippen LogP contribution in [0.15, 0.2) is 40.8 Å². The Morgan fingerprint density at radius 1 is 1.18 bits per heavy atom. The van der Waals surface area contributed by atoms with Crippen molar-refractivity contribution in [1.29, 1.82) is 0 Å². The molecular weight excluding hydrogens is 234 g/mol. The highest BCUT2D eigenvalue weighted by atomic mass is 35.5. The molecule has 0 amide bonds. The van der Waals surface area contributed by atoms with Gasteiger partial charge in [0.1, 0.15) is 12.3 Å². The van der Waals surface area contributed by atoms with Crippen molar-refractivity contribution in [2.24, 2.45) is 0 Å². The molecule has 0 bridgehead atoms.